The first-order valence-corrected chi connectivity index (χ1v) is 10.3. The van der Waals surface area contributed by atoms with E-state index in [-0.39, 0.29) is 0 Å². The summed E-state index contributed by atoms with van der Waals surface area (Å²) in [5, 5.41) is 7.66. The summed E-state index contributed by atoms with van der Waals surface area (Å²) < 4.78 is 0. The largest absolute Gasteiger partial charge is 0.182 e. The zero-order valence-corrected chi connectivity index (χ0v) is 11.5. The highest BCUT2D eigenvalue weighted by molar-refractivity contribution is 8.47. The third-order valence-corrected chi connectivity index (χ3v) is 10.9. The summed E-state index contributed by atoms with van der Waals surface area (Å²) in [7, 11) is -0.506. The Balaban J connectivity index is 1.93. The lowest BCUT2D eigenvalue weighted by Gasteiger charge is -2.31. The molecule has 2 aliphatic rings. The van der Waals surface area contributed by atoms with Crippen molar-refractivity contribution in [1.82, 2.24) is 0 Å². The van der Waals surface area contributed by atoms with E-state index in [1.54, 1.807) is 0 Å². The van der Waals surface area contributed by atoms with Crippen LogP contribution in [-0.4, -0.2) is 33.2 Å². The number of rotatable bonds is 0. The zero-order valence-electron chi connectivity index (χ0n) is 8.19. The molecule has 0 aromatic carbocycles. The normalized spacial score (nSPS) is 29.1. The number of thioether (sulfide) groups is 3. The van der Waals surface area contributed by atoms with Crippen LogP contribution in [0, 0.1) is 0 Å². The van der Waals surface area contributed by atoms with Gasteiger partial charge in [-0.3, -0.25) is 0 Å². The van der Waals surface area contributed by atoms with Gasteiger partial charge in [-0.05, 0) is 10.8 Å². The molecule has 0 aromatic heterocycles. The average Bonchev–Trinajstić information content (AvgIpc) is 2.66. The molecule has 0 bridgehead atoms. The smallest absolute Gasteiger partial charge is 0.0309 e. The molecule has 2 heterocycles. The van der Waals surface area contributed by atoms with Crippen LogP contribution in [0.15, 0.2) is 23.0 Å². The summed E-state index contributed by atoms with van der Waals surface area (Å²) >= 11 is 6.41. The zero-order chi connectivity index (χ0) is 9.69. The fraction of sp³-hybridized carbons (Fsp3) is 0.600. The van der Waals surface area contributed by atoms with E-state index in [2.05, 4.69) is 58.3 Å². The lowest BCUT2D eigenvalue weighted by Crippen LogP contribution is -2.03. The summed E-state index contributed by atoms with van der Waals surface area (Å²) in [5.41, 5.74) is 0. The highest BCUT2D eigenvalue weighted by Crippen LogP contribution is 2.58. The van der Waals surface area contributed by atoms with Crippen LogP contribution in [0.1, 0.15) is 0 Å². The summed E-state index contributed by atoms with van der Waals surface area (Å²) in [6, 6.07) is 0. The Morgan fingerprint density at radius 1 is 0.714 bits per heavy atom. The summed E-state index contributed by atoms with van der Waals surface area (Å²) in [5.74, 6) is 5.36. The molecule has 1 spiro atoms. The lowest BCUT2D eigenvalue weighted by molar-refractivity contribution is 1.49. The average molecular weight is 265 g/mol. The van der Waals surface area contributed by atoms with Crippen LogP contribution in [0.4, 0.5) is 0 Å². The van der Waals surface area contributed by atoms with E-state index in [1.807, 2.05) is 0 Å². The summed E-state index contributed by atoms with van der Waals surface area (Å²) in [6.07, 6.45) is 4.49. The van der Waals surface area contributed by atoms with Crippen molar-refractivity contribution in [1.29, 1.82) is 0 Å². The van der Waals surface area contributed by atoms with Gasteiger partial charge in [-0.25, -0.2) is 0 Å². The summed E-state index contributed by atoms with van der Waals surface area (Å²) in [6.45, 7) is 0. The minimum atomic E-state index is -0.506. The second kappa shape index (κ2) is 5.83. The van der Waals surface area contributed by atoms with E-state index in [1.165, 1.54) is 33.2 Å². The molecule has 0 saturated carbocycles. The molecule has 14 heavy (non-hydrogen) atoms. The van der Waals surface area contributed by atoms with Crippen molar-refractivity contribution in [3.05, 3.63) is 23.0 Å². The Morgan fingerprint density at radius 3 is 1.79 bits per heavy atom. The van der Waals surface area contributed by atoms with E-state index in [0.29, 0.717) is 0 Å². The van der Waals surface area contributed by atoms with Crippen LogP contribution in [0.2, 0.25) is 0 Å². The maximum atomic E-state index is 2.47. The Hall–Kier alpha value is 0.880. The van der Waals surface area contributed by atoms with E-state index < -0.39 is 10.0 Å². The molecule has 0 N–H and O–H groups in total. The minimum Gasteiger partial charge on any atom is -0.182 e. The topological polar surface area (TPSA) is 0 Å². The first kappa shape index (κ1) is 11.4. The third kappa shape index (κ3) is 3.19. The highest BCUT2D eigenvalue weighted by Gasteiger charge is 2.20. The van der Waals surface area contributed by atoms with Crippen LogP contribution in [0.5, 0.6) is 0 Å². The van der Waals surface area contributed by atoms with Gasteiger partial charge in [0.1, 0.15) is 0 Å². The minimum absolute atomic E-state index is 0.506. The standard InChI is InChI=1S/C10H16S4/c1-2-8-14(7-1)9-12-5-3-11-4-6-13-10-14/h1-2,7-8H,3-6,9-10H2. The fourth-order valence-electron chi connectivity index (χ4n) is 1.41. The maximum Gasteiger partial charge on any atom is 0.0309 e. The van der Waals surface area contributed by atoms with E-state index in [4.69, 9.17) is 0 Å². The van der Waals surface area contributed by atoms with Crippen LogP contribution >= 0.6 is 45.3 Å². The first-order chi connectivity index (χ1) is 6.91. The van der Waals surface area contributed by atoms with Crippen molar-refractivity contribution in [3.8, 4) is 0 Å². The Morgan fingerprint density at radius 2 is 1.21 bits per heavy atom. The van der Waals surface area contributed by atoms with Gasteiger partial charge in [-0.2, -0.15) is 45.3 Å². The summed E-state index contributed by atoms with van der Waals surface area (Å²) in [4.78, 5) is 0. The van der Waals surface area contributed by atoms with Gasteiger partial charge >= 0.3 is 0 Å². The molecule has 1 saturated heterocycles. The van der Waals surface area contributed by atoms with Crippen molar-refractivity contribution in [2.75, 3.05) is 33.2 Å². The Bertz CT molecular complexity index is 210. The van der Waals surface area contributed by atoms with Gasteiger partial charge in [-0.1, -0.05) is 12.2 Å². The molecule has 2 rings (SSSR count). The molecule has 80 valence electrons. The number of allylic oxidation sites excluding steroid dienone is 2. The van der Waals surface area contributed by atoms with E-state index >= 15 is 0 Å². The van der Waals surface area contributed by atoms with Crippen molar-refractivity contribution in [2.45, 2.75) is 0 Å². The van der Waals surface area contributed by atoms with Gasteiger partial charge in [-0.15, -0.1) is 0 Å². The Labute approximate surface area is 101 Å². The first-order valence-electron chi connectivity index (χ1n) is 4.78. The van der Waals surface area contributed by atoms with E-state index in [9.17, 15) is 0 Å². The third-order valence-electron chi connectivity index (χ3n) is 2.16. The monoisotopic (exact) mass is 264 g/mol. The van der Waals surface area contributed by atoms with Crippen molar-refractivity contribution in [2.24, 2.45) is 0 Å². The SMILES string of the molecule is C1=CS2(C=C1)CSCCSCCSC2. The van der Waals surface area contributed by atoms with Crippen LogP contribution in [0.3, 0.4) is 0 Å². The maximum absolute atomic E-state index is 2.47. The number of hydrogen-bond donors (Lipinski definition) is 0. The molecule has 0 amide bonds. The van der Waals surface area contributed by atoms with Gasteiger partial charge in [0.2, 0.25) is 0 Å². The van der Waals surface area contributed by atoms with Crippen LogP contribution in [0.25, 0.3) is 0 Å². The highest BCUT2D eigenvalue weighted by atomic mass is 32.3. The number of hydrogen-bond acceptors (Lipinski definition) is 3. The van der Waals surface area contributed by atoms with Gasteiger partial charge in [0, 0.05) is 33.2 Å². The van der Waals surface area contributed by atoms with Gasteiger partial charge < -0.3 is 0 Å². The van der Waals surface area contributed by atoms with Crippen LogP contribution < -0.4 is 0 Å². The fourth-order valence-corrected chi connectivity index (χ4v) is 9.96. The van der Waals surface area contributed by atoms with Gasteiger partial charge in [0.05, 0.1) is 0 Å². The predicted octanol–water partition coefficient (Wildman–Crippen LogP) is 3.96. The molecule has 0 aliphatic carbocycles. The van der Waals surface area contributed by atoms with Crippen molar-refractivity contribution in [3.63, 3.8) is 0 Å². The molecular weight excluding hydrogens is 248 g/mol. The predicted molar refractivity (Wildman–Crippen MR) is 77.8 cm³/mol. The quantitative estimate of drug-likeness (QED) is 0.650. The Kier molecular flexibility index (Phi) is 4.73. The van der Waals surface area contributed by atoms with Crippen molar-refractivity contribution < 1.29 is 0 Å². The molecule has 0 aromatic rings. The van der Waals surface area contributed by atoms with Crippen molar-refractivity contribution >= 4 is 45.3 Å². The molecule has 0 radical (unpaired) electrons. The molecule has 0 nitrogen and oxygen atoms in total. The lowest BCUT2D eigenvalue weighted by atomic mass is 10.6. The van der Waals surface area contributed by atoms with E-state index in [0.717, 1.165) is 0 Å². The molecule has 2 aliphatic heterocycles. The molecule has 0 unspecified atom stereocenters. The van der Waals surface area contributed by atoms with Crippen LogP contribution in [-0.2, 0) is 0 Å². The second-order valence-corrected chi connectivity index (χ2v) is 10.6. The molecule has 0 atom stereocenters. The van der Waals surface area contributed by atoms with Gasteiger partial charge in [0.25, 0.3) is 0 Å². The molecular formula is C10H16S4. The second-order valence-electron chi connectivity index (χ2n) is 3.33. The molecule has 4 heteroatoms. The molecule has 1 fully saturated rings. The van der Waals surface area contributed by atoms with Gasteiger partial charge in [0.15, 0.2) is 0 Å².